The van der Waals surface area contributed by atoms with Gasteiger partial charge in [-0.1, -0.05) is 36.4 Å². The Morgan fingerprint density at radius 3 is 2.18 bits per heavy atom. The minimum Gasteiger partial charge on any atom is -0.369 e. The summed E-state index contributed by atoms with van der Waals surface area (Å²) < 4.78 is 2.09. The number of rotatable bonds is 8. The summed E-state index contributed by atoms with van der Waals surface area (Å²) in [5.41, 5.74) is 13.0. The smallest absolute Gasteiger partial charge is 0.270 e. The molecule has 0 unspecified atom stereocenters. The van der Waals surface area contributed by atoms with Gasteiger partial charge in [-0.3, -0.25) is 9.69 Å². The van der Waals surface area contributed by atoms with Crippen molar-refractivity contribution < 1.29 is 4.79 Å². The SMILES string of the molecule is Cc1c(CN2CCN(c3ccccc3CCCN)CC2)cc(C(=O)N2CCN(c3ccccc3)CC2)n1C. The Morgan fingerprint density at radius 1 is 0.816 bits per heavy atom. The first kappa shape index (κ1) is 26.3. The van der Waals surface area contributed by atoms with Crippen LogP contribution >= 0.6 is 0 Å². The molecule has 202 valence electrons. The molecular formula is C31H42N6O. The average molecular weight is 515 g/mol. The third-order valence-electron chi connectivity index (χ3n) is 8.30. The van der Waals surface area contributed by atoms with Crippen molar-refractivity contribution in [2.45, 2.75) is 26.3 Å². The van der Waals surface area contributed by atoms with Crippen LogP contribution in [0.3, 0.4) is 0 Å². The first-order valence-electron chi connectivity index (χ1n) is 14.0. The molecule has 3 aromatic rings. The number of para-hydroxylation sites is 2. The largest absolute Gasteiger partial charge is 0.369 e. The van der Waals surface area contributed by atoms with E-state index in [2.05, 4.69) is 80.8 Å². The lowest BCUT2D eigenvalue weighted by molar-refractivity contribution is 0.0737. The molecule has 7 nitrogen and oxygen atoms in total. The van der Waals surface area contributed by atoms with Crippen LogP contribution in [0.4, 0.5) is 11.4 Å². The molecule has 2 saturated heterocycles. The second kappa shape index (κ2) is 12.0. The van der Waals surface area contributed by atoms with Gasteiger partial charge in [-0.05, 0) is 61.7 Å². The van der Waals surface area contributed by atoms with Crippen LogP contribution < -0.4 is 15.5 Å². The summed E-state index contributed by atoms with van der Waals surface area (Å²) in [7, 11) is 2.03. The molecule has 2 aromatic carbocycles. The summed E-state index contributed by atoms with van der Waals surface area (Å²) in [4.78, 5) is 22.9. The lowest BCUT2D eigenvalue weighted by Gasteiger charge is -2.37. The zero-order valence-corrected chi connectivity index (χ0v) is 23.0. The summed E-state index contributed by atoms with van der Waals surface area (Å²) in [6.07, 6.45) is 2.06. The third kappa shape index (κ3) is 5.74. The highest BCUT2D eigenvalue weighted by atomic mass is 16.2. The molecule has 38 heavy (non-hydrogen) atoms. The van der Waals surface area contributed by atoms with Crippen LogP contribution in [0.1, 0.15) is 33.7 Å². The number of piperazine rings is 2. The number of aromatic nitrogens is 1. The van der Waals surface area contributed by atoms with Crippen LogP contribution in [0, 0.1) is 6.92 Å². The maximum Gasteiger partial charge on any atom is 0.270 e. The van der Waals surface area contributed by atoms with Crippen molar-refractivity contribution in [3.8, 4) is 0 Å². The number of nitrogens with zero attached hydrogens (tertiary/aromatic N) is 5. The molecule has 0 saturated carbocycles. The maximum absolute atomic E-state index is 13.5. The average Bonchev–Trinajstić information content (AvgIpc) is 3.25. The van der Waals surface area contributed by atoms with Crippen LogP contribution in [-0.4, -0.2) is 79.2 Å². The molecule has 0 aliphatic carbocycles. The van der Waals surface area contributed by atoms with Crippen LogP contribution in [0.2, 0.25) is 0 Å². The van der Waals surface area contributed by atoms with Gasteiger partial charge < -0.3 is 25.0 Å². The van der Waals surface area contributed by atoms with Gasteiger partial charge >= 0.3 is 0 Å². The highest BCUT2D eigenvalue weighted by molar-refractivity contribution is 5.93. The molecule has 1 amide bonds. The van der Waals surface area contributed by atoms with E-state index in [0.29, 0.717) is 0 Å². The van der Waals surface area contributed by atoms with Crippen molar-refractivity contribution in [3.63, 3.8) is 0 Å². The maximum atomic E-state index is 13.5. The Labute approximate surface area is 227 Å². The van der Waals surface area contributed by atoms with Crippen molar-refractivity contribution in [1.29, 1.82) is 0 Å². The number of hydrogen-bond donors (Lipinski definition) is 1. The van der Waals surface area contributed by atoms with Crippen LogP contribution in [-0.2, 0) is 20.0 Å². The lowest BCUT2D eigenvalue weighted by Crippen LogP contribution is -2.49. The predicted molar refractivity (Wildman–Crippen MR) is 156 cm³/mol. The Kier molecular flexibility index (Phi) is 8.35. The lowest BCUT2D eigenvalue weighted by atomic mass is 10.1. The number of aryl methyl sites for hydroxylation is 1. The topological polar surface area (TPSA) is 61.0 Å². The molecule has 0 radical (unpaired) electrons. The number of carbonyl (C=O) groups excluding carboxylic acids is 1. The van der Waals surface area contributed by atoms with E-state index < -0.39 is 0 Å². The van der Waals surface area contributed by atoms with Gasteiger partial charge in [0.25, 0.3) is 5.91 Å². The Bertz CT molecular complexity index is 1210. The molecular weight excluding hydrogens is 472 g/mol. The van der Waals surface area contributed by atoms with E-state index in [1.54, 1.807) is 0 Å². The van der Waals surface area contributed by atoms with E-state index in [1.165, 1.54) is 28.2 Å². The van der Waals surface area contributed by atoms with Gasteiger partial charge in [-0.15, -0.1) is 0 Å². The fourth-order valence-electron chi connectivity index (χ4n) is 5.81. The molecule has 0 spiro atoms. The highest BCUT2D eigenvalue weighted by Gasteiger charge is 2.26. The molecule has 7 heteroatoms. The van der Waals surface area contributed by atoms with Crippen molar-refractivity contribution >= 4 is 17.3 Å². The van der Waals surface area contributed by atoms with E-state index in [1.807, 2.05) is 18.0 Å². The number of hydrogen-bond acceptors (Lipinski definition) is 5. The van der Waals surface area contributed by atoms with Crippen molar-refractivity contribution in [3.05, 3.63) is 83.2 Å². The van der Waals surface area contributed by atoms with Crippen molar-refractivity contribution in [1.82, 2.24) is 14.4 Å². The molecule has 2 aliphatic heterocycles. The number of amides is 1. The van der Waals surface area contributed by atoms with E-state index >= 15 is 0 Å². The molecule has 0 bridgehead atoms. The third-order valence-corrected chi connectivity index (χ3v) is 8.30. The van der Waals surface area contributed by atoms with Gasteiger partial charge in [-0.2, -0.15) is 0 Å². The standard InChI is InChI=1S/C31H42N6O/c1-25-27(24-34-15-17-36(18-16-34)29-13-7-6-9-26(29)10-8-14-32)23-30(33(25)2)31(38)37-21-19-35(20-22-37)28-11-4-3-5-12-28/h3-7,9,11-13,23H,8,10,14-22,24,32H2,1-2H3. The zero-order chi connectivity index (χ0) is 26.5. The monoisotopic (exact) mass is 514 g/mol. The van der Waals surface area contributed by atoms with Gasteiger partial charge in [0.2, 0.25) is 0 Å². The van der Waals surface area contributed by atoms with Gasteiger partial charge in [0.1, 0.15) is 5.69 Å². The molecule has 5 rings (SSSR count). The van der Waals surface area contributed by atoms with Crippen LogP contribution in [0.25, 0.3) is 0 Å². The number of carbonyl (C=O) groups is 1. The van der Waals surface area contributed by atoms with Crippen LogP contribution in [0.5, 0.6) is 0 Å². The predicted octanol–water partition coefficient (Wildman–Crippen LogP) is 3.51. The summed E-state index contributed by atoms with van der Waals surface area (Å²) in [5.74, 6) is 0.147. The number of nitrogens with two attached hydrogens (primary N) is 1. The molecule has 2 N–H and O–H groups in total. The fraction of sp³-hybridized carbons (Fsp3) is 0.452. The number of anilines is 2. The molecule has 3 heterocycles. The van der Waals surface area contributed by atoms with E-state index in [9.17, 15) is 4.79 Å². The summed E-state index contributed by atoms with van der Waals surface area (Å²) in [5, 5.41) is 0. The van der Waals surface area contributed by atoms with Crippen molar-refractivity contribution in [2.24, 2.45) is 12.8 Å². The molecule has 2 fully saturated rings. The highest BCUT2D eigenvalue weighted by Crippen LogP contribution is 2.25. The van der Waals surface area contributed by atoms with E-state index in [4.69, 9.17) is 5.73 Å². The second-order valence-electron chi connectivity index (χ2n) is 10.6. The summed E-state index contributed by atoms with van der Waals surface area (Å²) >= 11 is 0. The van der Waals surface area contributed by atoms with Gasteiger partial charge in [0.15, 0.2) is 0 Å². The Hall–Kier alpha value is -3.29. The molecule has 2 aliphatic rings. The number of benzene rings is 2. The second-order valence-corrected chi connectivity index (χ2v) is 10.6. The minimum atomic E-state index is 0.147. The summed E-state index contributed by atoms with van der Waals surface area (Å²) in [6, 6.07) is 21.4. The van der Waals surface area contributed by atoms with Gasteiger partial charge in [0, 0.05) is 83.0 Å². The Morgan fingerprint density at radius 2 is 1.47 bits per heavy atom. The Balaban J connectivity index is 1.18. The van der Waals surface area contributed by atoms with E-state index in [0.717, 1.165) is 84.0 Å². The zero-order valence-electron chi connectivity index (χ0n) is 23.0. The molecule has 0 atom stereocenters. The normalized spacial score (nSPS) is 16.8. The van der Waals surface area contributed by atoms with Crippen molar-refractivity contribution in [2.75, 3.05) is 68.7 Å². The van der Waals surface area contributed by atoms with Gasteiger partial charge in [-0.25, -0.2) is 0 Å². The molecule has 1 aromatic heterocycles. The van der Waals surface area contributed by atoms with Gasteiger partial charge in [0.05, 0.1) is 0 Å². The minimum absolute atomic E-state index is 0.147. The van der Waals surface area contributed by atoms with Crippen LogP contribution in [0.15, 0.2) is 60.7 Å². The summed E-state index contributed by atoms with van der Waals surface area (Å²) in [6.45, 7) is 11.1. The first-order chi connectivity index (χ1) is 18.5. The quantitative estimate of drug-likeness (QED) is 0.499. The van der Waals surface area contributed by atoms with E-state index in [-0.39, 0.29) is 5.91 Å². The first-order valence-corrected chi connectivity index (χ1v) is 14.0. The fourth-order valence-corrected chi connectivity index (χ4v) is 5.81.